The molecule has 0 spiro atoms. The molecular weight excluding hydrogens is 168 g/mol. The van der Waals surface area contributed by atoms with Gasteiger partial charge in [0, 0.05) is 25.2 Å². The third-order valence-electron chi connectivity index (χ3n) is 2.17. The van der Waals surface area contributed by atoms with E-state index in [4.69, 9.17) is 5.73 Å². The van der Waals surface area contributed by atoms with Crippen molar-refractivity contribution >= 4 is 11.7 Å². The number of anilines is 1. The molecule has 5 nitrogen and oxygen atoms in total. The maximum atomic E-state index is 10.9. The number of aromatic nitrogens is 2. The lowest BCUT2D eigenvalue weighted by atomic mass is 10.2. The summed E-state index contributed by atoms with van der Waals surface area (Å²) in [7, 11) is 0. The SMILES string of the molecule is Nc1cn(CC2CCC(=O)N2)cn1. The van der Waals surface area contributed by atoms with E-state index in [1.807, 2.05) is 4.57 Å². The van der Waals surface area contributed by atoms with Gasteiger partial charge in [-0.05, 0) is 6.42 Å². The molecule has 2 heterocycles. The second kappa shape index (κ2) is 3.08. The van der Waals surface area contributed by atoms with Crippen LogP contribution >= 0.6 is 0 Å². The van der Waals surface area contributed by atoms with Crippen molar-refractivity contribution in [2.45, 2.75) is 25.4 Å². The molecule has 1 aliphatic rings. The minimum absolute atomic E-state index is 0.137. The number of imidazole rings is 1. The quantitative estimate of drug-likeness (QED) is 0.658. The number of nitrogens with two attached hydrogens (primary N) is 1. The predicted molar refractivity (Wildman–Crippen MR) is 47.8 cm³/mol. The van der Waals surface area contributed by atoms with Crippen LogP contribution in [0, 0.1) is 0 Å². The van der Waals surface area contributed by atoms with Gasteiger partial charge in [-0.2, -0.15) is 0 Å². The fourth-order valence-electron chi connectivity index (χ4n) is 1.55. The highest BCUT2D eigenvalue weighted by Crippen LogP contribution is 2.09. The number of nitrogens with one attached hydrogen (secondary N) is 1. The predicted octanol–water partition coefficient (Wildman–Crippen LogP) is -0.256. The molecule has 3 N–H and O–H groups in total. The molecule has 1 aromatic heterocycles. The summed E-state index contributed by atoms with van der Waals surface area (Å²) >= 11 is 0. The van der Waals surface area contributed by atoms with Crippen LogP contribution in [-0.4, -0.2) is 21.5 Å². The number of amides is 1. The Hall–Kier alpha value is -1.52. The zero-order chi connectivity index (χ0) is 9.26. The van der Waals surface area contributed by atoms with Crippen molar-refractivity contribution in [2.75, 3.05) is 5.73 Å². The first-order valence-electron chi connectivity index (χ1n) is 4.30. The lowest BCUT2D eigenvalue weighted by Gasteiger charge is -2.09. The van der Waals surface area contributed by atoms with E-state index in [1.54, 1.807) is 12.5 Å². The summed E-state index contributed by atoms with van der Waals surface area (Å²) in [4.78, 5) is 14.8. The Balaban J connectivity index is 1.95. The van der Waals surface area contributed by atoms with Gasteiger partial charge in [0.2, 0.25) is 5.91 Å². The lowest BCUT2D eigenvalue weighted by Crippen LogP contribution is -2.29. The van der Waals surface area contributed by atoms with E-state index < -0.39 is 0 Å². The van der Waals surface area contributed by atoms with E-state index in [9.17, 15) is 4.79 Å². The first-order valence-corrected chi connectivity index (χ1v) is 4.30. The van der Waals surface area contributed by atoms with Crippen molar-refractivity contribution < 1.29 is 4.79 Å². The number of nitrogen functional groups attached to an aromatic ring is 1. The Morgan fingerprint density at radius 1 is 1.77 bits per heavy atom. The van der Waals surface area contributed by atoms with Gasteiger partial charge in [-0.1, -0.05) is 0 Å². The van der Waals surface area contributed by atoms with E-state index in [0.29, 0.717) is 12.2 Å². The highest BCUT2D eigenvalue weighted by Gasteiger charge is 2.20. The zero-order valence-corrected chi connectivity index (χ0v) is 7.23. The van der Waals surface area contributed by atoms with E-state index in [2.05, 4.69) is 10.3 Å². The summed E-state index contributed by atoms with van der Waals surface area (Å²) < 4.78 is 1.89. The largest absolute Gasteiger partial charge is 0.382 e. The zero-order valence-electron chi connectivity index (χ0n) is 7.23. The minimum Gasteiger partial charge on any atom is -0.382 e. The van der Waals surface area contributed by atoms with Crippen molar-refractivity contribution in [3.05, 3.63) is 12.5 Å². The first-order chi connectivity index (χ1) is 6.24. The van der Waals surface area contributed by atoms with Crippen LogP contribution in [0.4, 0.5) is 5.82 Å². The van der Waals surface area contributed by atoms with Gasteiger partial charge >= 0.3 is 0 Å². The van der Waals surface area contributed by atoms with Crippen LogP contribution in [0.25, 0.3) is 0 Å². The van der Waals surface area contributed by atoms with Gasteiger partial charge in [-0.15, -0.1) is 0 Å². The van der Waals surface area contributed by atoms with Crippen molar-refractivity contribution in [1.29, 1.82) is 0 Å². The lowest BCUT2D eigenvalue weighted by molar-refractivity contribution is -0.119. The summed E-state index contributed by atoms with van der Waals surface area (Å²) in [6, 6.07) is 0.237. The second-order valence-corrected chi connectivity index (χ2v) is 3.30. The summed E-state index contributed by atoms with van der Waals surface area (Å²) in [5, 5.41) is 2.88. The maximum absolute atomic E-state index is 10.9. The monoisotopic (exact) mass is 180 g/mol. The Morgan fingerprint density at radius 3 is 3.15 bits per heavy atom. The molecule has 0 aromatic carbocycles. The molecule has 1 amide bonds. The summed E-state index contributed by atoms with van der Waals surface area (Å²) in [6.45, 7) is 0.760. The molecule has 1 saturated heterocycles. The minimum atomic E-state index is 0.137. The highest BCUT2D eigenvalue weighted by atomic mass is 16.1. The third kappa shape index (κ3) is 1.80. The van der Waals surface area contributed by atoms with Crippen LogP contribution in [0.1, 0.15) is 12.8 Å². The Morgan fingerprint density at radius 2 is 2.62 bits per heavy atom. The fourth-order valence-corrected chi connectivity index (χ4v) is 1.55. The molecule has 0 saturated carbocycles. The standard InChI is InChI=1S/C8H12N4O/c9-7-4-12(5-10-7)3-6-1-2-8(13)11-6/h4-6H,1-3,9H2,(H,11,13). The van der Waals surface area contributed by atoms with Gasteiger partial charge in [0.1, 0.15) is 5.82 Å². The molecule has 1 aliphatic heterocycles. The summed E-state index contributed by atoms with van der Waals surface area (Å²) in [5.74, 6) is 0.655. The Kier molecular flexibility index (Phi) is 1.92. The van der Waals surface area contributed by atoms with Gasteiger partial charge in [0.25, 0.3) is 0 Å². The van der Waals surface area contributed by atoms with Crippen LogP contribution in [0.5, 0.6) is 0 Å². The van der Waals surface area contributed by atoms with E-state index in [0.717, 1.165) is 13.0 Å². The maximum Gasteiger partial charge on any atom is 0.220 e. The van der Waals surface area contributed by atoms with Crippen LogP contribution < -0.4 is 11.1 Å². The Labute approximate surface area is 75.9 Å². The van der Waals surface area contributed by atoms with Gasteiger partial charge < -0.3 is 15.6 Å². The molecule has 1 aromatic rings. The topological polar surface area (TPSA) is 72.9 Å². The smallest absolute Gasteiger partial charge is 0.220 e. The number of nitrogens with zero attached hydrogens (tertiary/aromatic N) is 2. The number of carbonyl (C=O) groups excluding carboxylic acids is 1. The highest BCUT2D eigenvalue weighted by molar-refractivity contribution is 5.78. The van der Waals surface area contributed by atoms with Crippen molar-refractivity contribution in [3.63, 3.8) is 0 Å². The second-order valence-electron chi connectivity index (χ2n) is 3.30. The van der Waals surface area contributed by atoms with E-state index >= 15 is 0 Å². The molecule has 70 valence electrons. The molecule has 13 heavy (non-hydrogen) atoms. The van der Waals surface area contributed by atoms with Crippen molar-refractivity contribution in [1.82, 2.24) is 14.9 Å². The molecule has 1 fully saturated rings. The van der Waals surface area contributed by atoms with Crippen LogP contribution in [0.2, 0.25) is 0 Å². The fraction of sp³-hybridized carbons (Fsp3) is 0.500. The van der Waals surface area contributed by atoms with Crippen molar-refractivity contribution in [3.8, 4) is 0 Å². The number of hydrogen-bond donors (Lipinski definition) is 2. The third-order valence-corrected chi connectivity index (χ3v) is 2.17. The van der Waals surface area contributed by atoms with Crippen LogP contribution in [-0.2, 0) is 11.3 Å². The van der Waals surface area contributed by atoms with Gasteiger partial charge in [0.05, 0.1) is 6.33 Å². The molecule has 2 rings (SSSR count). The van der Waals surface area contributed by atoms with E-state index in [1.165, 1.54) is 0 Å². The summed E-state index contributed by atoms with van der Waals surface area (Å²) in [5.41, 5.74) is 5.46. The number of carbonyl (C=O) groups is 1. The molecular formula is C8H12N4O. The Bertz CT molecular complexity index is 320. The average molecular weight is 180 g/mol. The van der Waals surface area contributed by atoms with Gasteiger partial charge in [0.15, 0.2) is 0 Å². The number of hydrogen-bond acceptors (Lipinski definition) is 3. The molecule has 0 bridgehead atoms. The van der Waals surface area contributed by atoms with Crippen LogP contribution in [0.15, 0.2) is 12.5 Å². The average Bonchev–Trinajstić information content (AvgIpc) is 2.62. The van der Waals surface area contributed by atoms with Gasteiger partial charge in [-0.3, -0.25) is 4.79 Å². The normalized spacial score (nSPS) is 21.8. The molecule has 0 radical (unpaired) electrons. The summed E-state index contributed by atoms with van der Waals surface area (Å²) in [6.07, 6.45) is 4.98. The van der Waals surface area contributed by atoms with E-state index in [-0.39, 0.29) is 11.9 Å². The first kappa shape index (κ1) is 8.10. The molecule has 1 atom stereocenters. The molecule has 0 aliphatic carbocycles. The molecule has 5 heteroatoms. The number of rotatable bonds is 2. The van der Waals surface area contributed by atoms with Crippen molar-refractivity contribution in [2.24, 2.45) is 0 Å². The van der Waals surface area contributed by atoms with Crippen LogP contribution in [0.3, 0.4) is 0 Å². The molecule has 1 unspecified atom stereocenters. The van der Waals surface area contributed by atoms with Gasteiger partial charge in [-0.25, -0.2) is 4.98 Å².